The Morgan fingerprint density at radius 2 is 1.54 bits per heavy atom. The normalized spacial score (nSPS) is 32.4. The molecule has 6 rings (SSSR count). The number of carboxylic acid groups (broad SMARTS) is 1. The molecular formula is C36H57N5O8S. The highest BCUT2D eigenvalue weighted by Crippen LogP contribution is 2.88. The van der Waals surface area contributed by atoms with Crippen LogP contribution in [0, 0.1) is 33.5 Å². The molecule has 5 amide bonds. The molecule has 14 heteroatoms. The second-order valence-electron chi connectivity index (χ2n) is 17.9. The molecule has 6 atom stereocenters. The Hall–Kier alpha value is -2.90. The third-order valence-corrected chi connectivity index (χ3v) is 15.8. The lowest BCUT2D eigenvalue weighted by Crippen LogP contribution is -2.62. The number of sulfonamides is 1. The van der Waals surface area contributed by atoms with Crippen molar-refractivity contribution < 1.29 is 37.5 Å². The van der Waals surface area contributed by atoms with Crippen LogP contribution in [0.3, 0.4) is 0 Å². The van der Waals surface area contributed by atoms with Gasteiger partial charge in [0.1, 0.15) is 23.7 Å². The highest BCUT2D eigenvalue weighted by Gasteiger charge is 2.85. The van der Waals surface area contributed by atoms with Crippen LogP contribution in [0.1, 0.15) is 125 Å². The number of hydrogen-bond donors (Lipinski definition) is 5. The standard InChI is InChI=1S/C36H57N5O8S/c1-7-22-18-36(22,30(46)40-50(48,49)23-14-15-23)39-27(42)24-19-35(33(5,6)34(35)16-11-17-34)20-41(24)28(43)26(32(2,3)4)38-31(47)37-25(29(44)45)21-12-9-8-10-13-21/h21-26H,7-20H2,1-6H3,(H,39,42)(H,40,46)(H,44,45)(H2,37,38,47)/t22-,24+,25+,26-,35-,36-/m1/s1. The molecule has 0 aromatic carbocycles. The lowest BCUT2D eigenvalue weighted by Gasteiger charge is -2.36. The first-order valence-corrected chi connectivity index (χ1v) is 20.3. The van der Waals surface area contributed by atoms with E-state index in [9.17, 15) is 37.5 Å². The molecule has 50 heavy (non-hydrogen) atoms. The summed E-state index contributed by atoms with van der Waals surface area (Å²) in [6.45, 7) is 12.1. The summed E-state index contributed by atoms with van der Waals surface area (Å²) in [5.41, 5.74) is -2.65. The molecule has 13 nitrogen and oxygen atoms in total. The molecule has 0 unspecified atom stereocenters. The van der Waals surface area contributed by atoms with Crippen LogP contribution in [0.4, 0.5) is 4.79 Å². The molecule has 280 valence electrons. The van der Waals surface area contributed by atoms with E-state index >= 15 is 0 Å². The van der Waals surface area contributed by atoms with Gasteiger partial charge in [0, 0.05) is 12.0 Å². The third-order valence-electron chi connectivity index (χ3n) is 14.0. The number of nitrogens with zero attached hydrogens (tertiary/aromatic N) is 1. The molecule has 0 radical (unpaired) electrons. The average molecular weight is 720 g/mol. The van der Waals surface area contributed by atoms with Gasteiger partial charge in [-0.2, -0.15) is 0 Å². The highest BCUT2D eigenvalue weighted by molar-refractivity contribution is 7.91. The second-order valence-corrected chi connectivity index (χ2v) is 19.9. The van der Waals surface area contributed by atoms with Gasteiger partial charge in [0.2, 0.25) is 21.8 Å². The van der Waals surface area contributed by atoms with Crippen molar-refractivity contribution in [2.75, 3.05) is 6.54 Å². The van der Waals surface area contributed by atoms with Crippen molar-refractivity contribution in [3.05, 3.63) is 0 Å². The summed E-state index contributed by atoms with van der Waals surface area (Å²) in [6, 6.07) is -3.85. The maximum atomic E-state index is 14.7. The highest BCUT2D eigenvalue weighted by atomic mass is 32.2. The van der Waals surface area contributed by atoms with E-state index in [1.807, 2.05) is 27.7 Å². The summed E-state index contributed by atoms with van der Waals surface area (Å²) in [5, 5.41) is 17.8. The second kappa shape index (κ2) is 12.4. The van der Waals surface area contributed by atoms with Gasteiger partial charge in [-0.05, 0) is 79.4 Å². The largest absolute Gasteiger partial charge is 0.480 e. The van der Waals surface area contributed by atoms with E-state index in [2.05, 4.69) is 34.5 Å². The topological polar surface area (TPSA) is 191 Å². The van der Waals surface area contributed by atoms with Crippen LogP contribution < -0.4 is 20.7 Å². The average Bonchev–Trinajstić information content (AvgIpc) is 3.95. The van der Waals surface area contributed by atoms with E-state index < -0.39 is 74.1 Å². The van der Waals surface area contributed by atoms with Crippen molar-refractivity contribution in [2.45, 2.75) is 154 Å². The molecule has 0 aromatic heterocycles. The van der Waals surface area contributed by atoms with E-state index in [1.165, 1.54) is 0 Å². The summed E-state index contributed by atoms with van der Waals surface area (Å²) in [7, 11) is -3.83. The Kier molecular flexibility index (Phi) is 9.12. The molecule has 1 heterocycles. The maximum Gasteiger partial charge on any atom is 0.326 e. The van der Waals surface area contributed by atoms with Crippen LogP contribution in [0.15, 0.2) is 0 Å². The number of carboxylic acids is 1. The van der Waals surface area contributed by atoms with Crippen molar-refractivity contribution in [2.24, 2.45) is 33.5 Å². The minimum absolute atomic E-state index is 0.0107. The number of urea groups is 1. The first-order valence-electron chi connectivity index (χ1n) is 18.8. The van der Waals surface area contributed by atoms with Crippen LogP contribution in [-0.4, -0.2) is 83.6 Å². The molecule has 6 fully saturated rings. The summed E-state index contributed by atoms with van der Waals surface area (Å²) in [4.78, 5) is 70.0. The Bertz CT molecular complexity index is 1540. The van der Waals surface area contributed by atoms with Gasteiger partial charge in [-0.15, -0.1) is 0 Å². The minimum atomic E-state index is -3.83. The number of carbonyl (C=O) groups excluding carboxylic acids is 4. The smallest absolute Gasteiger partial charge is 0.326 e. The predicted octanol–water partition coefficient (Wildman–Crippen LogP) is 3.42. The first-order chi connectivity index (χ1) is 23.3. The fourth-order valence-corrected chi connectivity index (χ4v) is 11.7. The number of likely N-dealkylation sites (tertiary alicyclic amines) is 1. The molecule has 5 saturated carbocycles. The molecule has 2 spiro atoms. The molecule has 5 aliphatic carbocycles. The maximum absolute atomic E-state index is 14.7. The molecule has 6 aliphatic rings. The Labute approximate surface area is 296 Å². The Morgan fingerprint density at radius 3 is 2.02 bits per heavy atom. The third kappa shape index (κ3) is 5.88. The lowest BCUT2D eigenvalue weighted by atomic mass is 9.73. The number of rotatable bonds is 11. The molecule has 0 bridgehead atoms. The van der Waals surface area contributed by atoms with Crippen molar-refractivity contribution >= 4 is 39.7 Å². The van der Waals surface area contributed by atoms with Gasteiger partial charge in [0.15, 0.2) is 0 Å². The zero-order valence-electron chi connectivity index (χ0n) is 30.5. The molecule has 1 aliphatic heterocycles. The Morgan fingerprint density at radius 1 is 0.900 bits per heavy atom. The number of hydrogen-bond acceptors (Lipinski definition) is 7. The minimum Gasteiger partial charge on any atom is -0.480 e. The predicted molar refractivity (Wildman–Crippen MR) is 185 cm³/mol. The van der Waals surface area contributed by atoms with Crippen molar-refractivity contribution in [1.29, 1.82) is 0 Å². The van der Waals surface area contributed by atoms with E-state index in [0.29, 0.717) is 51.5 Å². The fraction of sp³-hybridized carbons (Fsp3) is 0.861. The van der Waals surface area contributed by atoms with Gasteiger partial charge >= 0.3 is 12.0 Å². The van der Waals surface area contributed by atoms with Crippen molar-refractivity contribution in [1.82, 2.24) is 25.6 Å². The van der Waals surface area contributed by atoms with Gasteiger partial charge in [0.05, 0.1) is 5.25 Å². The molecule has 5 N–H and O–H groups in total. The van der Waals surface area contributed by atoms with Crippen LogP contribution >= 0.6 is 0 Å². The van der Waals surface area contributed by atoms with Gasteiger partial charge < -0.3 is 26.0 Å². The number of fused-ring (bicyclic) bond motifs is 1. The van der Waals surface area contributed by atoms with E-state index in [1.54, 1.807) is 4.90 Å². The van der Waals surface area contributed by atoms with Crippen LogP contribution in [-0.2, 0) is 29.2 Å². The number of nitrogens with one attached hydrogen (secondary N) is 4. The van der Waals surface area contributed by atoms with Crippen molar-refractivity contribution in [3.63, 3.8) is 0 Å². The van der Waals surface area contributed by atoms with Crippen LogP contribution in [0.25, 0.3) is 0 Å². The van der Waals surface area contributed by atoms with Gasteiger partial charge in [-0.3, -0.25) is 19.1 Å². The van der Waals surface area contributed by atoms with Gasteiger partial charge in [-0.1, -0.05) is 73.6 Å². The first kappa shape index (κ1) is 36.9. The molecular weight excluding hydrogens is 662 g/mol. The number of amides is 5. The molecule has 1 saturated heterocycles. The number of carbonyl (C=O) groups is 5. The van der Waals surface area contributed by atoms with Crippen molar-refractivity contribution in [3.8, 4) is 0 Å². The fourth-order valence-electron chi connectivity index (χ4n) is 10.3. The molecule has 0 aromatic rings. The van der Waals surface area contributed by atoms with Gasteiger partial charge in [-0.25, -0.2) is 18.0 Å². The summed E-state index contributed by atoms with van der Waals surface area (Å²) in [6.07, 6.45) is 9.58. The summed E-state index contributed by atoms with van der Waals surface area (Å²) in [5.74, 6) is -3.22. The van der Waals surface area contributed by atoms with Crippen LogP contribution in [0.5, 0.6) is 0 Å². The van der Waals surface area contributed by atoms with E-state index in [0.717, 1.165) is 38.5 Å². The number of aliphatic carboxylic acids is 1. The van der Waals surface area contributed by atoms with E-state index in [-0.39, 0.29) is 28.1 Å². The monoisotopic (exact) mass is 719 g/mol. The van der Waals surface area contributed by atoms with E-state index in [4.69, 9.17) is 0 Å². The summed E-state index contributed by atoms with van der Waals surface area (Å²) >= 11 is 0. The van der Waals surface area contributed by atoms with Gasteiger partial charge in [0.25, 0.3) is 5.91 Å². The quantitative estimate of drug-likeness (QED) is 0.215. The lowest BCUT2D eigenvalue weighted by molar-refractivity contribution is -0.142. The SMILES string of the molecule is CC[C@@H]1C[C@]1(NC(=O)[C@@H]1C[C@@]2(CN1C(=O)[C@@H](NC(=O)N[C@H](C(=O)O)C1CCCCC1)C(C)(C)C)C(C)(C)C21CCC1)C(=O)NS(=O)(=O)C1CC1. The zero-order chi connectivity index (χ0) is 36.7. The Balaban J connectivity index is 1.25. The summed E-state index contributed by atoms with van der Waals surface area (Å²) < 4.78 is 27.7. The van der Waals surface area contributed by atoms with Crippen LogP contribution in [0.2, 0.25) is 0 Å². The zero-order valence-corrected chi connectivity index (χ0v) is 31.3.